The number of hydrogen-bond acceptors (Lipinski definition) is 4. The van der Waals surface area contributed by atoms with E-state index in [0.29, 0.717) is 30.2 Å². The Morgan fingerprint density at radius 2 is 1.83 bits per heavy atom. The van der Waals surface area contributed by atoms with Crippen LogP contribution in [0.15, 0.2) is 24.3 Å². The number of carbonyl (C=O) groups is 2. The molecule has 0 fully saturated rings. The Bertz CT molecular complexity index is 514. The Kier molecular flexibility index (Phi) is 7.54. The summed E-state index contributed by atoms with van der Waals surface area (Å²) >= 11 is 0. The fraction of sp³-hybridized carbons (Fsp3) is 0.529. The number of ether oxygens (including phenoxy) is 1. The Morgan fingerprint density at radius 3 is 2.35 bits per heavy atom. The standard InChI is InChI=1S/C17H27N3O3/c1-12(2)15(18)8-10-20(3)16(21)9-11-23-14-6-4-13(5-7-14)17(19)22/h4-7,12,15H,8-11,18H2,1-3H3,(H2,19,22). The van der Waals surface area contributed by atoms with E-state index in [1.54, 1.807) is 36.2 Å². The largest absolute Gasteiger partial charge is 0.493 e. The average Bonchev–Trinajstić information content (AvgIpc) is 2.52. The first-order valence-corrected chi connectivity index (χ1v) is 7.83. The first kappa shape index (κ1) is 19.0. The molecule has 0 spiro atoms. The minimum Gasteiger partial charge on any atom is -0.493 e. The van der Waals surface area contributed by atoms with Gasteiger partial charge in [0.15, 0.2) is 0 Å². The summed E-state index contributed by atoms with van der Waals surface area (Å²) < 4.78 is 5.50. The molecule has 0 radical (unpaired) electrons. The number of benzene rings is 1. The lowest BCUT2D eigenvalue weighted by molar-refractivity contribution is -0.130. The molecule has 0 aromatic heterocycles. The summed E-state index contributed by atoms with van der Waals surface area (Å²) in [7, 11) is 1.77. The summed E-state index contributed by atoms with van der Waals surface area (Å²) in [6.07, 6.45) is 1.08. The van der Waals surface area contributed by atoms with Crippen LogP contribution in [0, 0.1) is 5.92 Å². The predicted octanol–water partition coefficient (Wildman–Crippen LogP) is 1.39. The van der Waals surface area contributed by atoms with Crippen LogP contribution in [0.1, 0.15) is 37.0 Å². The van der Waals surface area contributed by atoms with Gasteiger partial charge >= 0.3 is 0 Å². The topological polar surface area (TPSA) is 98.7 Å². The fourth-order valence-electron chi connectivity index (χ4n) is 1.96. The molecule has 0 saturated heterocycles. The van der Waals surface area contributed by atoms with Crippen LogP contribution in [0.3, 0.4) is 0 Å². The molecule has 1 rings (SSSR count). The molecule has 1 aromatic rings. The van der Waals surface area contributed by atoms with E-state index >= 15 is 0 Å². The van der Waals surface area contributed by atoms with Crippen molar-refractivity contribution in [3.8, 4) is 5.75 Å². The molecule has 0 aliphatic heterocycles. The van der Waals surface area contributed by atoms with Crippen LogP contribution in [0.4, 0.5) is 0 Å². The van der Waals surface area contributed by atoms with Gasteiger partial charge in [-0.3, -0.25) is 9.59 Å². The highest BCUT2D eigenvalue weighted by molar-refractivity contribution is 5.92. The molecule has 0 saturated carbocycles. The first-order valence-electron chi connectivity index (χ1n) is 7.83. The highest BCUT2D eigenvalue weighted by Gasteiger charge is 2.13. The van der Waals surface area contributed by atoms with Gasteiger partial charge in [-0.05, 0) is 36.6 Å². The van der Waals surface area contributed by atoms with Crippen LogP contribution in [0.2, 0.25) is 0 Å². The lowest BCUT2D eigenvalue weighted by Gasteiger charge is -2.21. The van der Waals surface area contributed by atoms with Crippen LogP contribution in [-0.4, -0.2) is 43.0 Å². The number of carbonyl (C=O) groups excluding carboxylic acids is 2. The lowest BCUT2D eigenvalue weighted by atomic mass is 10.0. The van der Waals surface area contributed by atoms with E-state index in [2.05, 4.69) is 13.8 Å². The van der Waals surface area contributed by atoms with Crippen molar-refractivity contribution in [3.05, 3.63) is 29.8 Å². The van der Waals surface area contributed by atoms with Gasteiger partial charge in [0.1, 0.15) is 5.75 Å². The van der Waals surface area contributed by atoms with Gasteiger partial charge < -0.3 is 21.1 Å². The molecule has 2 amide bonds. The van der Waals surface area contributed by atoms with E-state index < -0.39 is 5.91 Å². The lowest BCUT2D eigenvalue weighted by Crippen LogP contribution is -2.35. The summed E-state index contributed by atoms with van der Waals surface area (Å²) in [5.74, 6) is 0.556. The Labute approximate surface area is 137 Å². The number of amides is 2. The molecule has 128 valence electrons. The van der Waals surface area contributed by atoms with Gasteiger partial charge in [0.25, 0.3) is 0 Å². The number of rotatable bonds is 9. The molecule has 1 unspecified atom stereocenters. The third kappa shape index (κ3) is 6.69. The van der Waals surface area contributed by atoms with Crippen LogP contribution >= 0.6 is 0 Å². The monoisotopic (exact) mass is 321 g/mol. The van der Waals surface area contributed by atoms with E-state index in [9.17, 15) is 9.59 Å². The molecule has 0 bridgehead atoms. The Hall–Kier alpha value is -2.08. The zero-order valence-corrected chi connectivity index (χ0v) is 14.1. The molecule has 0 aliphatic carbocycles. The van der Waals surface area contributed by atoms with Crippen LogP contribution < -0.4 is 16.2 Å². The van der Waals surface area contributed by atoms with Crippen molar-refractivity contribution in [2.45, 2.75) is 32.7 Å². The third-order valence-electron chi connectivity index (χ3n) is 3.80. The number of nitrogens with zero attached hydrogens (tertiary/aromatic N) is 1. The van der Waals surface area contributed by atoms with Gasteiger partial charge in [-0.1, -0.05) is 13.8 Å². The quantitative estimate of drug-likeness (QED) is 0.718. The van der Waals surface area contributed by atoms with Gasteiger partial charge in [-0.25, -0.2) is 0 Å². The Morgan fingerprint density at radius 1 is 1.22 bits per heavy atom. The van der Waals surface area contributed by atoms with Crippen LogP contribution in [-0.2, 0) is 4.79 Å². The minimum absolute atomic E-state index is 0.0229. The maximum atomic E-state index is 12.0. The molecule has 6 nitrogen and oxygen atoms in total. The van der Waals surface area contributed by atoms with Crippen molar-refractivity contribution >= 4 is 11.8 Å². The molecule has 1 aromatic carbocycles. The maximum Gasteiger partial charge on any atom is 0.248 e. The van der Waals surface area contributed by atoms with E-state index in [4.69, 9.17) is 16.2 Å². The van der Waals surface area contributed by atoms with Crippen molar-refractivity contribution in [2.24, 2.45) is 17.4 Å². The summed E-state index contributed by atoms with van der Waals surface area (Å²) in [5.41, 5.74) is 11.6. The molecular weight excluding hydrogens is 294 g/mol. The highest BCUT2D eigenvalue weighted by atomic mass is 16.5. The average molecular weight is 321 g/mol. The SMILES string of the molecule is CC(C)C(N)CCN(C)C(=O)CCOc1ccc(C(N)=O)cc1. The van der Waals surface area contributed by atoms with E-state index in [0.717, 1.165) is 6.42 Å². The zero-order valence-electron chi connectivity index (χ0n) is 14.1. The van der Waals surface area contributed by atoms with Gasteiger partial charge in [0, 0.05) is 25.2 Å². The van der Waals surface area contributed by atoms with Crippen molar-refractivity contribution in [1.82, 2.24) is 4.90 Å². The molecule has 0 aliphatic rings. The van der Waals surface area contributed by atoms with Crippen molar-refractivity contribution in [2.75, 3.05) is 20.2 Å². The van der Waals surface area contributed by atoms with Crippen molar-refractivity contribution in [3.63, 3.8) is 0 Å². The normalized spacial score (nSPS) is 12.0. The van der Waals surface area contributed by atoms with Gasteiger partial charge in [-0.15, -0.1) is 0 Å². The summed E-state index contributed by atoms with van der Waals surface area (Å²) in [6, 6.07) is 6.62. The third-order valence-corrected chi connectivity index (χ3v) is 3.80. The van der Waals surface area contributed by atoms with Crippen LogP contribution in [0.5, 0.6) is 5.75 Å². The molecule has 4 N–H and O–H groups in total. The molecule has 0 heterocycles. The predicted molar refractivity (Wildman–Crippen MR) is 90.1 cm³/mol. The van der Waals surface area contributed by atoms with Crippen molar-refractivity contribution in [1.29, 1.82) is 0 Å². The number of nitrogens with two attached hydrogens (primary N) is 2. The minimum atomic E-state index is -0.479. The second-order valence-electron chi connectivity index (χ2n) is 6.00. The smallest absolute Gasteiger partial charge is 0.248 e. The second-order valence-corrected chi connectivity index (χ2v) is 6.00. The Balaban J connectivity index is 2.31. The summed E-state index contributed by atoms with van der Waals surface area (Å²) in [6.45, 7) is 5.08. The van der Waals surface area contributed by atoms with Gasteiger partial charge in [0.05, 0.1) is 13.0 Å². The van der Waals surface area contributed by atoms with Gasteiger partial charge in [0.2, 0.25) is 11.8 Å². The highest BCUT2D eigenvalue weighted by Crippen LogP contribution is 2.12. The first-order chi connectivity index (χ1) is 10.8. The summed E-state index contributed by atoms with van der Waals surface area (Å²) in [4.78, 5) is 24.6. The maximum absolute atomic E-state index is 12.0. The number of primary amides is 1. The molecule has 6 heteroatoms. The van der Waals surface area contributed by atoms with Crippen molar-refractivity contribution < 1.29 is 14.3 Å². The van der Waals surface area contributed by atoms with E-state index in [-0.39, 0.29) is 18.6 Å². The second kappa shape index (κ2) is 9.15. The van der Waals surface area contributed by atoms with Gasteiger partial charge in [-0.2, -0.15) is 0 Å². The number of hydrogen-bond donors (Lipinski definition) is 2. The van der Waals surface area contributed by atoms with Crippen LogP contribution in [0.25, 0.3) is 0 Å². The molecule has 23 heavy (non-hydrogen) atoms. The van der Waals surface area contributed by atoms with E-state index in [1.165, 1.54) is 0 Å². The fourth-order valence-corrected chi connectivity index (χ4v) is 1.96. The zero-order chi connectivity index (χ0) is 17.4. The molecule has 1 atom stereocenters. The summed E-state index contributed by atoms with van der Waals surface area (Å²) in [5, 5.41) is 0. The molecular formula is C17H27N3O3. The van der Waals surface area contributed by atoms with E-state index in [1.807, 2.05) is 0 Å².